The first-order valence-corrected chi connectivity index (χ1v) is 10.6. The first-order chi connectivity index (χ1) is 15.3. The minimum Gasteiger partial charge on any atom is -0.393 e. The van der Waals surface area contributed by atoms with Gasteiger partial charge in [0.05, 0.1) is 35.0 Å². The molecule has 32 heavy (non-hydrogen) atoms. The number of alkyl halides is 3. The number of fused-ring (bicyclic) bond motifs is 1. The Kier molecular flexibility index (Phi) is 5.17. The molecule has 0 amide bonds. The van der Waals surface area contributed by atoms with E-state index in [1.54, 1.807) is 12.3 Å². The maximum Gasteiger partial charge on any atom is 0.416 e. The first kappa shape index (κ1) is 21.0. The molecule has 3 aromatic rings. The third-order valence-electron chi connectivity index (χ3n) is 6.04. The van der Waals surface area contributed by atoms with Gasteiger partial charge in [0.15, 0.2) is 5.65 Å². The zero-order chi connectivity index (χ0) is 22.5. The molecule has 2 aliphatic rings. The number of nitrogens with zero attached hydrogens (tertiary/aromatic N) is 5. The summed E-state index contributed by atoms with van der Waals surface area (Å²) in [7, 11) is 0. The molecule has 1 aromatic carbocycles. The van der Waals surface area contributed by atoms with E-state index in [4.69, 9.17) is 0 Å². The van der Waals surface area contributed by atoms with Crippen molar-refractivity contribution in [3.05, 3.63) is 36.0 Å². The van der Waals surface area contributed by atoms with Gasteiger partial charge in [-0.25, -0.2) is 4.68 Å². The van der Waals surface area contributed by atoms with E-state index in [2.05, 4.69) is 20.4 Å². The van der Waals surface area contributed by atoms with Crippen LogP contribution in [-0.2, 0) is 6.18 Å². The van der Waals surface area contributed by atoms with Gasteiger partial charge in [0.25, 0.3) is 0 Å². The standard InChI is InChI=1S/C21H23F3N6O2/c22-21(23,24)12-2-1-3-14(8-12)30-19-17(11-25-30)18(29-6-4-15(31)5-7-29)27-20(28-19)26-13-9-16(32)10-13/h1-3,8,11,13,15-16,31-32H,4-7,9-10H2,(H,26,27,28). The Morgan fingerprint density at radius 1 is 1.03 bits per heavy atom. The highest BCUT2D eigenvalue weighted by Gasteiger charge is 2.31. The van der Waals surface area contributed by atoms with Crippen LogP contribution in [0.1, 0.15) is 31.2 Å². The van der Waals surface area contributed by atoms with Crippen LogP contribution in [0.4, 0.5) is 24.9 Å². The number of piperidine rings is 1. The number of aliphatic hydroxyl groups excluding tert-OH is 2. The van der Waals surface area contributed by atoms with Crippen LogP contribution in [0.5, 0.6) is 0 Å². The minimum absolute atomic E-state index is 0.0309. The number of hydrogen-bond donors (Lipinski definition) is 3. The van der Waals surface area contributed by atoms with Crippen molar-refractivity contribution in [1.29, 1.82) is 0 Å². The molecule has 1 aliphatic carbocycles. The van der Waals surface area contributed by atoms with Gasteiger partial charge in [-0.3, -0.25) is 0 Å². The summed E-state index contributed by atoms with van der Waals surface area (Å²) >= 11 is 0. The minimum atomic E-state index is -4.47. The second kappa shape index (κ2) is 7.89. The fourth-order valence-electron chi connectivity index (χ4n) is 4.17. The number of rotatable bonds is 4. The molecule has 0 spiro atoms. The summed E-state index contributed by atoms with van der Waals surface area (Å²) in [4.78, 5) is 11.3. The molecular formula is C21H23F3N6O2. The van der Waals surface area contributed by atoms with E-state index >= 15 is 0 Å². The number of nitrogens with one attached hydrogen (secondary N) is 1. The van der Waals surface area contributed by atoms with E-state index in [1.165, 1.54) is 10.7 Å². The van der Waals surface area contributed by atoms with Crippen LogP contribution in [-0.4, -0.2) is 61.3 Å². The van der Waals surface area contributed by atoms with E-state index in [-0.39, 0.29) is 23.9 Å². The molecule has 0 radical (unpaired) electrons. The van der Waals surface area contributed by atoms with Gasteiger partial charge in [-0.05, 0) is 43.9 Å². The topological polar surface area (TPSA) is 99.3 Å². The monoisotopic (exact) mass is 448 g/mol. The van der Waals surface area contributed by atoms with Crippen LogP contribution >= 0.6 is 0 Å². The van der Waals surface area contributed by atoms with Crippen LogP contribution in [0.25, 0.3) is 16.7 Å². The lowest BCUT2D eigenvalue weighted by Crippen LogP contribution is -2.40. The molecular weight excluding hydrogens is 425 g/mol. The second-order valence-corrected chi connectivity index (χ2v) is 8.40. The molecule has 2 aromatic heterocycles. The molecule has 1 saturated heterocycles. The third-order valence-corrected chi connectivity index (χ3v) is 6.04. The number of benzene rings is 1. The second-order valence-electron chi connectivity index (χ2n) is 8.40. The van der Waals surface area contributed by atoms with Crippen LogP contribution in [0, 0.1) is 0 Å². The summed E-state index contributed by atoms with van der Waals surface area (Å²) in [6.07, 6.45) is -1.24. The SMILES string of the molecule is OC1CCN(c2nc(NC3CC(O)C3)nc3c2cnn3-c2cccc(C(F)(F)F)c2)CC1. The summed E-state index contributed by atoms with van der Waals surface area (Å²) < 4.78 is 41.1. The lowest BCUT2D eigenvalue weighted by atomic mass is 9.90. The van der Waals surface area contributed by atoms with Gasteiger partial charge in [0, 0.05) is 19.1 Å². The lowest BCUT2D eigenvalue weighted by Gasteiger charge is -2.33. The van der Waals surface area contributed by atoms with Crippen molar-refractivity contribution in [2.45, 2.75) is 50.1 Å². The Morgan fingerprint density at radius 3 is 2.47 bits per heavy atom. The molecule has 8 nitrogen and oxygen atoms in total. The van der Waals surface area contributed by atoms with Crippen molar-refractivity contribution in [1.82, 2.24) is 19.7 Å². The summed E-state index contributed by atoms with van der Waals surface area (Å²) in [5, 5.41) is 27.6. The van der Waals surface area contributed by atoms with Crippen LogP contribution < -0.4 is 10.2 Å². The van der Waals surface area contributed by atoms with Crippen molar-refractivity contribution >= 4 is 22.8 Å². The number of anilines is 2. The van der Waals surface area contributed by atoms with Crippen molar-refractivity contribution in [3.8, 4) is 5.69 Å². The van der Waals surface area contributed by atoms with Gasteiger partial charge in [0.1, 0.15) is 5.82 Å². The Balaban J connectivity index is 1.58. The maximum atomic E-state index is 13.2. The Hall–Kier alpha value is -2.92. The van der Waals surface area contributed by atoms with Gasteiger partial charge in [0.2, 0.25) is 5.95 Å². The predicted molar refractivity (Wildman–Crippen MR) is 112 cm³/mol. The molecule has 3 heterocycles. The average Bonchev–Trinajstić information content (AvgIpc) is 3.16. The van der Waals surface area contributed by atoms with Crippen LogP contribution in [0.2, 0.25) is 0 Å². The highest BCUT2D eigenvalue weighted by molar-refractivity contribution is 5.89. The number of halogens is 3. The first-order valence-electron chi connectivity index (χ1n) is 10.6. The fourth-order valence-corrected chi connectivity index (χ4v) is 4.17. The average molecular weight is 448 g/mol. The predicted octanol–water partition coefficient (Wildman–Crippen LogP) is 2.73. The Labute approximate surface area is 181 Å². The van der Waals surface area contributed by atoms with Gasteiger partial charge < -0.3 is 20.4 Å². The molecule has 2 fully saturated rings. The molecule has 1 aliphatic heterocycles. The molecule has 170 valence electrons. The van der Waals surface area contributed by atoms with Crippen molar-refractivity contribution < 1.29 is 23.4 Å². The number of aliphatic hydroxyl groups is 2. The van der Waals surface area contributed by atoms with E-state index in [1.807, 2.05) is 4.90 Å². The van der Waals surface area contributed by atoms with Crippen molar-refractivity contribution in [2.24, 2.45) is 0 Å². The molecule has 3 N–H and O–H groups in total. The summed E-state index contributed by atoms with van der Waals surface area (Å²) in [6, 6.07) is 4.98. The van der Waals surface area contributed by atoms with E-state index in [9.17, 15) is 23.4 Å². The quantitative estimate of drug-likeness (QED) is 0.565. The van der Waals surface area contributed by atoms with Gasteiger partial charge in [-0.15, -0.1) is 0 Å². The smallest absolute Gasteiger partial charge is 0.393 e. The van der Waals surface area contributed by atoms with Crippen LogP contribution in [0.3, 0.4) is 0 Å². The van der Waals surface area contributed by atoms with Crippen LogP contribution in [0.15, 0.2) is 30.5 Å². The third kappa shape index (κ3) is 3.97. The largest absolute Gasteiger partial charge is 0.416 e. The zero-order valence-electron chi connectivity index (χ0n) is 17.1. The number of aromatic nitrogens is 4. The van der Waals surface area contributed by atoms with Crippen molar-refractivity contribution in [2.75, 3.05) is 23.3 Å². The van der Waals surface area contributed by atoms with E-state index < -0.39 is 11.7 Å². The van der Waals surface area contributed by atoms with Gasteiger partial charge >= 0.3 is 6.18 Å². The molecule has 0 bridgehead atoms. The Morgan fingerprint density at radius 2 is 1.78 bits per heavy atom. The molecule has 5 rings (SSSR count). The van der Waals surface area contributed by atoms with E-state index in [0.717, 1.165) is 12.1 Å². The highest BCUT2D eigenvalue weighted by Crippen LogP contribution is 2.33. The summed E-state index contributed by atoms with van der Waals surface area (Å²) in [5.74, 6) is 0.965. The molecule has 1 saturated carbocycles. The zero-order valence-corrected chi connectivity index (χ0v) is 17.1. The normalized spacial score (nSPS) is 22.2. The van der Waals surface area contributed by atoms with Crippen molar-refractivity contribution in [3.63, 3.8) is 0 Å². The molecule has 11 heteroatoms. The number of hydrogen-bond acceptors (Lipinski definition) is 7. The molecule has 0 atom stereocenters. The highest BCUT2D eigenvalue weighted by atomic mass is 19.4. The van der Waals surface area contributed by atoms with Gasteiger partial charge in [-0.2, -0.15) is 28.2 Å². The lowest BCUT2D eigenvalue weighted by molar-refractivity contribution is -0.137. The van der Waals surface area contributed by atoms with Gasteiger partial charge in [-0.1, -0.05) is 6.07 Å². The maximum absolute atomic E-state index is 13.2. The summed E-state index contributed by atoms with van der Waals surface area (Å²) in [5.41, 5.74) is -0.124. The Bertz CT molecular complexity index is 1120. The summed E-state index contributed by atoms with van der Waals surface area (Å²) in [6.45, 7) is 1.20. The fraction of sp³-hybridized carbons (Fsp3) is 0.476. The van der Waals surface area contributed by atoms with E-state index in [0.29, 0.717) is 61.6 Å². The molecule has 0 unspecified atom stereocenters.